The largest absolute Gasteiger partial charge is 0.508 e. The molecule has 1 aromatic carbocycles. The number of nitrogens with one attached hydrogen (secondary N) is 1. The molecule has 84 valence electrons. The summed E-state index contributed by atoms with van der Waals surface area (Å²) in [5.41, 5.74) is 1.42. The topological polar surface area (TPSA) is 32.3 Å². The number of aromatic hydroxyl groups is 1. The van der Waals surface area contributed by atoms with E-state index in [0.29, 0.717) is 11.8 Å². The van der Waals surface area contributed by atoms with Crippen LogP contribution in [-0.4, -0.2) is 12.2 Å². The molecule has 2 nitrogen and oxygen atoms in total. The molecule has 1 rings (SSSR count). The maximum Gasteiger partial charge on any atom is 0.115 e. The normalized spacial score (nSPS) is 13.9. The number of benzene rings is 1. The van der Waals surface area contributed by atoms with Gasteiger partial charge in [-0.15, -0.1) is 0 Å². The minimum absolute atomic E-state index is 0.277. The van der Waals surface area contributed by atoms with Gasteiger partial charge in [0.2, 0.25) is 0 Å². The van der Waals surface area contributed by atoms with E-state index in [0.717, 1.165) is 12.0 Å². The lowest BCUT2D eigenvalue weighted by atomic mass is 9.85. The smallest absolute Gasteiger partial charge is 0.115 e. The lowest BCUT2D eigenvalue weighted by Crippen LogP contribution is -2.22. The van der Waals surface area contributed by atoms with Crippen molar-refractivity contribution in [2.75, 3.05) is 7.05 Å². The van der Waals surface area contributed by atoms with E-state index in [9.17, 15) is 5.11 Å². The highest BCUT2D eigenvalue weighted by Crippen LogP contribution is 2.30. The number of hydrogen-bond donors (Lipinski definition) is 2. The van der Waals surface area contributed by atoms with Gasteiger partial charge in [0.05, 0.1) is 0 Å². The quantitative estimate of drug-likeness (QED) is 0.798. The van der Waals surface area contributed by atoms with E-state index in [-0.39, 0.29) is 5.41 Å². The second-order valence-corrected chi connectivity index (χ2v) is 5.20. The summed E-state index contributed by atoms with van der Waals surface area (Å²) in [6.07, 6.45) is 1.05. The number of hydrogen-bond acceptors (Lipinski definition) is 2. The zero-order valence-corrected chi connectivity index (χ0v) is 10.0. The van der Waals surface area contributed by atoms with Gasteiger partial charge in [-0.1, -0.05) is 32.9 Å². The molecule has 0 spiro atoms. The molecule has 0 heterocycles. The standard InChI is InChI=1S/C13H21NO/c1-13(2,3)9-12(14-4)10-6-5-7-11(15)8-10/h5-8,12,14-15H,9H2,1-4H3. The summed E-state index contributed by atoms with van der Waals surface area (Å²) in [7, 11) is 1.96. The Balaban J connectivity index is 2.83. The highest BCUT2D eigenvalue weighted by Gasteiger charge is 2.18. The minimum Gasteiger partial charge on any atom is -0.508 e. The molecule has 0 aromatic heterocycles. The lowest BCUT2D eigenvalue weighted by Gasteiger charge is -2.26. The third-order valence-corrected chi connectivity index (χ3v) is 2.44. The fourth-order valence-electron chi connectivity index (χ4n) is 1.74. The van der Waals surface area contributed by atoms with Gasteiger partial charge in [0.25, 0.3) is 0 Å². The van der Waals surface area contributed by atoms with Crippen molar-refractivity contribution in [3.05, 3.63) is 29.8 Å². The molecule has 0 saturated carbocycles. The fraction of sp³-hybridized carbons (Fsp3) is 0.538. The van der Waals surface area contributed by atoms with Crippen molar-refractivity contribution in [1.29, 1.82) is 0 Å². The monoisotopic (exact) mass is 207 g/mol. The highest BCUT2D eigenvalue weighted by molar-refractivity contribution is 5.29. The molecule has 1 aromatic rings. The predicted octanol–water partition coefficient (Wildman–Crippen LogP) is 3.09. The average molecular weight is 207 g/mol. The number of rotatable bonds is 3. The van der Waals surface area contributed by atoms with Gasteiger partial charge < -0.3 is 10.4 Å². The zero-order chi connectivity index (χ0) is 11.5. The predicted molar refractivity (Wildman–Crippen MR) is 64.0 cm³/mol. The van der Waals surface area contributed by atoms with Crippen LogP contribution in [0.4, 0.5) is 0 Å². The molecule has 0 amide bonds. The van der Waals surface area contributed by atoms with E-state index < -0.39 is 0 Å². The van der Waals surface area contributed by atoms with Crippen LogP contribution < -0.4 is 5.32 Å². The van der Waals surface area contributed by atoms with Crippen LogP contribution in [0.15, 0.2) is 24.3 Å². The van der Waals surface area contributed by atoms with Crippen molar-refractivity contribution in [3.63, 3.8) is 0 Å². The second-order valence-electron chi connectivity index (χ2n) is 5.20. The summed E-state index contributed by atoms with van der Waals surface area (Å²) in [4.78, 5) is 0. The molecule has 1 atom stereocenters. The Morgan fingerprint density at radius 3 is 2.47 bits per heavy atom. The van der Waals surface area contributed by atoms with Crippen LogP contribution in [0.2, 0.25) is 0 Å². The average Bonchev–Trinajstić information content (AvgIpc) is 2.13. The Bertz CT molecular complexity index is 315. The first-order chi connectivity index (χ1) is 6.92. The van der Waals surface area contributed by atoms with Crippen LogP contribution >= 0.6 is 0 Å². The van der Waals surface area contributed by atoms with Gasteiger partial charge in [0.15, 0.2) is 0 Å². The van der Waals surface area contributed by atoms with Gasteiger partial charge in [-0.3, -0.25) is 0 Å². The van der Waals surface area contributed by atoms with Gasteiger partial charge in [-0.05, 0) is 36.6 Å². The Morgan fingerprint density at radius 1 is 1.33 bits per heavy atom. The summed E-state index contributed by atoms with van der Waals surface area (Å²) in [5.74, 6) is 0.335. The molecule has 0 fully saturated rings. The Hall–Kier alpha value is -1.02. The molecule has 0 radical (unpaired) electrons. The SMILES string of the molecule is CNC(CC(C)(C)C)c1cccc(O)c1. The van der Waals surface area contributed by atoms with E-state index in [1.165, 1.54) is 0 Å². The van der Waals surface area contributed by atoms with Gasteiger partial charge in [-0.2, -0.15) is 0 Å². The van der Waals surface area contributed by atoms with Crippen molar-refractivity contribution in [2.45, 2.75) is 33.2 Å². The van der Waals surface area contributed by atoms with E-state index in [1.807, 2.05) is 25.2 Å². The van der Waals surface area contributed by atoms with Gasteiger partial charge >= 0.3 is 0 Å². The van der Waals surface area contributed by atoms with Crippen molar-refractivity contribution >= 4 is 0 Å². The molecule has 0 bridgehead atoms. The second kappa shape index (κ2) is 4.67. The van der Waals surface area contributed by atoms with Crippen LogP contribution in [0.5, 0.6) is 5.75 Å². The molecule has 2 heteroatoms. The highest BCUT2D eigenvalue weighted by atomic mass is 16.3. The van der Waals surface area contributed by atoms with Gasteiger partial charge in [0, 0.05) is 6.04 Å². The van der Waals surface area contributed by atoms with Crippen LogP contribution in [-0.2, 0) is 0 Å². The molecule has 0 aliphatic heterocycles. The number of phenols is 1. The van der Waals surface area contributed by atoms with Crippen molar-refractivity contribution in [2.24, 2.45) is 5.41 Å². The third-order valence-electron chi connectivity index (χ3n) is 2.44. The van der Waals surface area contributed by atoms with E-state index >= 15 is 0 Å². The molecule has 0 aliphatic rings. The summed E-state index contributed by atoms with van der Waals surface area (Å²) in [6.45, 7) is 6.67. The van der Waals surface area contributed by atoms with Crippen molar-refractivity contribution < 1.29 is 5.11 Å². The van der Waals surface area contributed by atoms with E-state index in [2.05, 4.69) is 26.1 Å². The molecule has 2 N–H and O–H groups in total. The Labute approximate surface area is 92.3 Å². The molecule has 0 aliphatic carbocycles. The van der Waals surface area contributed by atoms with Crippen LogP contribution in [0, 0.1) is 5.41 Å². The van der Waals surface area contributed by atoms with Crippen LogP contribution in [0.25, 0.3) is 0 Å². The summed E-state index contributed by atoms with van der Waals surface area (Å²) >= 11 is 0. The lowest BCUT2D eigenvalue weighted by molar-refractivity contribution is 0.320. The summed E-state index contributed by atoms with van der Waals surface area (Å²) in [5, 5.41) is 12.7. The molecular formula is C13H21NO. The Kier molecular flexibility index (Phi) is 3.75. The van der Waals surface area contributed by atoms with Gasteiger partial charge in [-0.25, -0.2) is 0 Å². The first kappa shape index (κ1) is 12.1. The van der Waals surface area contributed by atoms with Crippen LogP contribution in [0.1, 0.15) is 38.8 Å². The third kappa shape index (κ3) is 3.92. The zero-order valence-electron chi connectivity index (χ0n) is 10.0. The fourth-order valence-corrected chi connectivity index (χ4v) is 1.74. The van der Waals surface area contributed by atoms with Crippen LogP contribution in [0.3, 0.4) is 0 Å². The first-order valence-corrected chi connectivity index (χ1v) is 5.38. The first-order valence-electron chi connectivity index (χ1n) is 5.38. The molecular weight excluding hydrogens is 186 g/mol. The minimum atomic E-state index is 0.277. The molecule has 1 unspecified atom stereocenters. The maximum atomic E-state index is 9.43. The molecule has 15 heavy (non-hydrogen) atoms. The van der Waals surface area contributed by atoms with E-state index in [1.54, 1.807) is 6.07 Å². The summed E-state index contributed by atoms with van der Waals surface area (Å²) < 4.78 is 0. The summed E-state index contributed by atoms with van der Waals surface area (Å²) in [6, 6.07) is 7.77. The van der Waals surface area contributed by atoms with E-state index in [4.69, 9.17) is 0 Å². The molecule has 0 saturated heterocycles. The van der Waals surface area contributed by atoms with Crippen molar-refractivity contribution in [1.82, 2.24) is 5.32 Å². The maximum absolute atomic E-state index is 9.43. The number of phenolic OH excluding ortho intramolecular Hbond substituents is 1. The van der Waals surface area contributed by atoms with Gasteiger partial charge in [0.1, 0.15) is 5.75 Å². The van der Waals surface area contributed by atoms with Crippen molar-refractivity contribution in [3.8, 4) is 5.75 Å². The Morgan fingerprint density at radius 2 is 2.00 bits per heavy atom.